The van der Waals surface area contributed by atoms with Crippen molar-refractivity contribution in [3.63, 3.8) is 0 Å². The Kier molecular flexibility index (Phi) is 4.86. The average molecular weight is 254 g/mol. The van der Waals surface area contributed by atoms with E-state index < -0.39 is 5.41 Å². The first kappa shape index (κ1) is 14.7. The van der Waals surface area contributed by atoms with Crippen molar-refractivity contribution in [1.82, 2.24) is 14.9 Å². The minimum absolute atomic E-state index is 0.114. The van der Waals surface area contributed by atoms with E-state index in [1.54, 1.807) is 26.4 Å². The van der Waals surface area contributed by atoms with Crippen molar-refractivity contribution in [2.24, 2.45) is 18.2 Å². The maximum Gasteiger partial charge on any atom is 0.227 e. The minimum atomic E-state index is -0.625. The van der Waals surface area contributed by atoms with Crippen LogP contribution in [0.3, 0.4) is 0 Å². The molecule has 0 bridgehead atoms. The molecule has 1 amide bonds. The monoisotopic (exact) mass is 254 g/mol. The Morgan fingerprint density at radius 1 is 1.67 bits per heavy atom. The lowest BCUT2D eigenvalue weighted by Gasteiger charge is -2.25. The van der Waals surface area contributed by atoms with E-state index in [0.29, 0.717) is 6.42 Å². The number of nitrogens with zero attached hydrogens (tertiary/aromatic N) is 2. The number of carbonyl (C=O) groups is 1. The van der Waals surface area contributed by atoms with Crippen LogP contribution in [0, 0.1) is 5.41 Å². The van der Waals surface area contributed by atoms with Crippen molar-refractivity contribution in [3.8, 4) is 0 Å². The Labute approximate surface area is 107 Å². The summed E-state index contributed by atoms with van der Waals surface area (Å²) >= 11 is 0. The van der Waals surface area contributed by atoms with Gasteiger partial charge < -0.3 is 20.7 Å². The first-order valence-electron chi connectivity index (χ1n) is 5.97. The maximum atomic E-state index is 12.0. The molecule has 1 unspecified atom stereocenters. The number of aryl methyl sites for hydroxylation is 1. The first-order valence-corrected chi connectivity index (χ1v) is 5.97. The zero-order valence-corrected chi connectivity index (χ0v) is 11.2. The lowest BCUT2D eigenvalue weighted by atomic mass is 9.92. The molecule has 0 saturated heterocycles. The molecular weight excluding hydrogens is 232 g/mol. The van der Waals surface area contributed by atoms with E-state index in [2.05, 4.69) is 10.3 Å². The number of carbonyl (C=O) groups excluding carboxylic acids is 1. The van der Waals surface area contributed by atoms with Crippen molar-refractivity contribution in [2.75, 3.05) is 13.2 Å². The standard InChI is InChI=1S/C12H22N4O2/c1-12(2,7-13)11(18)15-9(6-17)4-10-5-14-8-16(10)3/h5,8-9,17H,4,6-7,13H2,1-3H3,(H,15,18). The fourth-order valence-electron chi connectivity index (χ4n) is 1.47. The number of nitrogens with two attached hydrogens (primary N) is 1. The maximum absolute atomic E-state index is 12.0. The zero-order valence-electron chi connectivity index (χ0n) is 11.2. The molecule has 0 radical (unpaired) electrons. The van der Waals surface area contributed by atoms with Crippen molar-refractivity contribution >= 4 is 5.91 Å². The third kappa shape index (κ3) is 3.54. The van der Waals surface area contributed by atoms with Crippen LogP contribution in [0.15, 0.2) is 12.5 Å². The predicted molar refractivity (Wildman–Crippen MR) is 68.8 cm³/mol. The van der Waals surface area contributed by atoms with E-state index in [1.807, 2.05) is 11.6 Å². The lowest BCUT2D eigenvalue weighted by molar-refractivity contribution is -0.129. The number of aliphatic hydroxyl groups excluding tert-OH is 1. The van der Waals surface area contributed by atoms with Gasteiger partial charge in [0.05, 0.1) is 24.4 Å². The quantitative estimate of drug-likeness (QED) is 0.633. The van der Waals surface area contributed by atoms with Gasteiger partial charge in [0.15, 0.2) is 0 Å². The van der Waals surface area contributed by atoms with Gasteiger partial charge in [0.2, 0.25) is 5.91 Å². The number of hydrogen-bond donors (Lipinski definition) is 3. The van der Waals surface area contributed by atoms with Crippen LogP contribution >= 0.6 is 0 Å². The Bertz CT molecular complexity index is 401. The first-order chi connectivity index (χ1) is 8.40. The van der Waals surface area contributed by atoms with Crippen LogP contribution < -0.4 is 11.1 Å². The molecule has 0 aliphatic rings. The largest absolute Gasteiger partial charge is 0.394 e. The van der Waals surface area contributed by atoms with Crippen LogP contribution in [0.4, 0.5) is 0 Å². The third-order valence-corrected chi connectivity index (χ3v) is 3.05. The summed E-state index contributed by atoms with van der Waals surface area (Å²) in [7, 11) is 1.88. The Morgan fingerprint density at radius 2 is 2.33 bits per heavy atom. The van der Waals surface area contributed by atoms with Crippen molar-refractivity contribution in [1.29, 1.82) is 0 Å². The molecule has 1 aromatic heterocycles. The number of imidazole rings is 1. The van der Waals surface area contributed by atoms with Gasteiger partial charge in [-0.1, -0.05) is 0 Å². The zero-order chi connectivity index (χ0) is 13.8. The van der Waals surface area contributed by atoms with E-state index in [4.69, 9.17) is 5.73 Å². The highest BCUT2D eigenvalue weighted by Gasteiger charge is 2.27. The summed E-state index contributed by atoms with van der Waals surface area (Å²) in [4.78, 5) is 16.0. The molecule has 102 valence electrons. The van der Waals surface area contributed by atoms with Crippen LogP contribution in [0.2, 0.25) is 0 Å². The Hall–Kier alpha value is -1.40. The Morgan fingerprint density at radius 3 is 2.78 bits per heavy atom. The molecule has 6 nitrogen and oxygen atoms in total. The van der Waals surface area contributed by atoms with Crippen LogP contribution in [0.5, 0.6) is 0 Å². The molecule has 1 atom stereocenters. The van der Waals surface area contributed by atoms with Gasteiger partial charge in [0, 0.05) is 31.9 Å². The van der Waals surface area contributed by atoms with Gasteiger partial charge in [0.25, 0.3) is 0 Å². The van der Waals surface area contributed by atoms with Gasteiger partial charge in [0.1, 0.15) is 0 Å². The van der Waals surface area contributed by atoms with Crippen molar-refractivity contribution in [2.45, 2.75) is 26.3 Å². The predicted octanol–water partition coefficient (Wildman–Crippen LogP) is -0.575. The molecule has 0 fully saturated rings. The molecule has 0 saturated carbocycles. The molecule has 0 aliphatic carbocycles. The van der Waals surface area contributed by atoms with E-state index in [1.165, 1.54) is 0 Å². The summed E-state index contributed by atoms with van der Waals surface area (Å²) < 4.78 is 1.86. The second-order valence-electron chi connectivity index (χ2n) is 5.14. The SMILES string of the molecule is Cn1cncc1CC(CO)NC(=O)C(C)(C)CN. The molecular formula is C12H22N4O2. The van der Waals surface area contributed by atoms with Crippen LogP contribution in [-0.4, -0.2) is 39.8 Å². The molecule has 6 heteroatoms. The molecule has 1 rings (SSSR count). The summed E-state index contributed by atoms with van der Waals surface area (Å²) in [6.07, 6.45) is 3.96. The summed E-state index contributed by atoms with van der Waals surface area (Å²) in [6, 6.07) is -0.321. The second kappa shape index (κ2) is 5.97. The van der Waals surface area contributed by atoms with E-state index in [0.717, 1.165) is 5.69 Å². The summed E-state index contributed by atoms with van der Waals surface area (Å²) in [6.45, 7) is 3.71. The molecule has 1 heterocycles. The Balaban J connectivity index is 2.63. The van der Waals surface area contributed by atoms with E-state index in [-0.39, 0.29) is 25.1 Å². The van der Waals surface area contributed by atoms with Gasteiger partial charge >= 0.3 is 0 Å². The van der Waals surface area contributed by atoms with Crippen molar-refractivity contribution < 1.29 is 9.90 Å². The highest BCUT2D eigenvalue weighted by molar-refractivity contribution is 5.82. The molecule has 4 N–H and O–H groups in total. The second-order valence-corrected chi connectivity index (χ2v) is 5.14. The van der Waals surface area contributed by atoms with Gasteiger partial charge in [-0.25, -0.2) is 4.98 Å². The normalized spacial score (nSPS) is 13.4. The molecule has 0 aromatic carbocycles. The number of aliphatic hydroxyl groups is 1. The van der Waals surface area contributed by atoms with Crippen molar-refractivity contribution in [3.05, 3.63) is 18.2 Å². The van der Waals surface area contributed by atoms with Crippen LogP contribution in [-0.2, 0) is 18.3 Å². The van der Waals surface area contributed by atoms with Gasteiger partial charge in [-0.3, -0.25) is 4.79 Å². The summed E-state index contributed by atoms with van der Waals surface area (Å²) in [5, 5.41) is 12.1. The topological polar surface area (TPSA) is 93.2 Å². The summed E-state index contributed by atoms with van der Waals surface area (Å²) in [5.74, 6) is -0.147. The minimum Gasteiger partial charge on any atom is -0.394 e. The van der Waals surface area contributed by atoms with Crippen LogP contribution in [0.1, 0.15) is 19.5 Å². The fraction of sp³-hybridized carbons (Fsp3) is 0.667. The van der Waals surface area contributed by atoms with Crippen LogP contribution in [0.25, 0.3) is 0 Å². The average Bonchev–Trinajstić information content (AvgIpc) is 2.73. The molecule has 18 heavy (non-hydrogen) atoms. The highest BCUT2D eigenvalue weighted by atomic mass is 16.3. The molecule has 1 aromatic rings. The number of amides is 1. The van der Waals surface area contributed by atoms with Gasteiger partial charge in [-0.15, -0.1) is 0 Å². The van der Waals surface area contributed by atoms with Gasteiger partial charge in [-0.2, -0.15) is 0 Å². The van der Waals surface area contributed by atoms with E-state index in [9.17, 15) is 9.90 Å². The number of rotatable bonds is 6. The summed E-state index contributed by atoms with van der Waals surface area (Å²) in [5.41, 5.74) is 5.88. The van der Waals surface area contributed by atoms with Gasteiger partial charge in [-0.05, 0) is 13.8 Å². The van der Waals surface area contributed by atoms with E-state index >= 15 is 0 Å². The fourth-order valence-corrected chi connectivity index (χ4v) is 1.47. The highest BCUT2D eigenvalue weighted by Crippen LogP contribution is 2.13. The lowest BCUT2D eigenvalue weighted by Crippen LogP contribution is -2.48. The number of hydrogen-bond acceptors (Lipinski definition) is 4. The molecule has 0 spiro atoms. The molecule has 0 aliphatic heterocycles. The third-order valence-electron chi connectivity index (χ3n) is 3.05. The number of aromatic nitrogens is 2. The number of nitrogens with one attached hydrogen (secondary N) is 1. The smallest absolute Gasteiger partial charge is 0.227 e.